The molecule has 1 aromatic heterocycles. The maximum Gasteiger partial charge on any atom is 0.420 e. The second-order valence-corrected chi connectivity index (χ2v) is 5.64. The minimum atomic E-state index is -4.46. The van der Waals surface area contributed by atoms with Crippen LogP contribution in [0.1, 0.15) is 23.9 Å². The van der Waals surface area contributed by atoms with Crippen LogP contribution in [-0.4, -0.2) is 35.7 Å². The number of rotatable bonds is 2. The molecule has 0 amide bonds. The van der Waals surface area contributed by atoms with Gasteiger partial charge in [-0.1, -0.05) is 0 Å². The Morgan fingerprint density at radius 3 is 2.82 bits per heavy atom. The largest absolute Gasteiger partial charge is 0.440 e. The fourth-order valence-electron chi connectivity index (χ4n) is 2.80. The number of hydrogen-bond donors (Lipinski definition) is 0. The van der Waals surface area contributed by atoms with E-state index in [2.05, 4.69) is 9.88 Å². The van der Waals surface area contributed by atoms with E-state index >= 15 is 0 Å². The molecule has 0 unspecified atom stereocenters. The Bertz CT molecular complexity index is 681. The van der Waals surface area contributed by atoms with Crippen molar-refractivity contribution in [3.05, 3.63) is 29.2 Å². The predicted octanol–water partition coefficient (Wildman–Crippen LogP) is 3.38. The molecule has 0 bridgehead atoms. The van der Waals surface area contributed by atoms with Crippen LogP contribution in [-0.2, 0) is 17.5 Å². The molecule has 1 aliphatic rings. The first-order chi connectivity index (χ1) is 10.3. The second-order valence-electron chi connectivity index (χ2n) is 5.64. The van der Waals surface area contributed by atoms with Crippen molar-refractivity contribution in [2.75, 3.05) is 19.7 Å². The number of alkyl halides is 3. The van der Waals surface area contributed by atoms with E-state index in [9.17, 15) is 13.2 Å². The summed E-state index contributed by atoms with van der Waals surface area (Å²) in [6, 6.07) is 2.83. The summed E-state index contributed by atoms with van der Waals surface area (Å²) < 4.78 is 50.3. The van der Waals surface area contributed by atoms with E-state index in [4.69, 9.17) is 9.15 Å². The Kier molecular flexibility index (Phi) is 3.86. The Labute approximate surface area is 125 Å². The summed E-state index contributed by atoms with van der Waals surface area (Å²) in [6.45, 7) is 5.96. The molecule has 1 aromatic carbocycles. The third-order valence-corrected chi connectivity index (χ3v) is 3.69. The van der Waals surface area contributed by atoms with Gasteiger partial charge in [0.25, 0.3) is 0 Å². The number of benzene rings is 1. The number of fused-ring (bicyclic) bond motifs is 1. The molecule has 1 fully saturated rings. The van der Waals surface area contributed by atoms with Gasteiger partial charge in [-0.05, 0) is 24.6 Å². The van der Waals surface area contributed by atoms with Crippen LogP contribution < -0.4 is 0 Å². The van der Waals surface area contributed by atoms with Crippen molar-refractivity contribution >= 4 is 11.1 Å². The molecule has 4 nitrogen and oxygen atoms in total. The third-order valence-electron chi connectivity index (χ3n) is 3.69. The number of nitrogens with zero attached hydrogens (tertiary/aromatic N) is 2. The van der Waals surface area contributed by atoms with E-state index in [1.807, 2.05) is 6.92 Å². The summed E-state index contributed by atoms with van der Waals surface area (Å²) in [5.74, 6) is 0.234. The molecule has 0 saturated carbocycles. The average Bonchev–Trinajstić information content (AvgIpc) is 2.76. The number of oxazole rings is 1. The van der Waals surface area contributed by atoms with Crippen LogP contribution in [0.4, 0.5) is 13.2 Å². The zero-order valence-electron chi connectivity index (χ0n) is 12.4. The summed E-state index contributed by atoms with van der Waals surface area (Å²) in [4.78, 5) is 6.13. The molecule has 1 atom stereocenters. The zero-order valence-corrected chi connectivity index (χ0v) is 12.4. The molecule has 0 radical (unpaired) electrons. The van der Waals surface area contributed by atoms with E-state index in [-0.39, 0.29) is 23.1 Å². The van der Waals surface area contributed by atoms with Crippen LogP contribution in [0, 0.1) is 6.92 Å². The minimum absolute atomic E-state index is 0.0915. The highest BCUT2D eigenvalue weighted by Crippen LogP contribution is 2.36. The molecule has 2 heterocycles. The monoisotopic (exact) mass is 314 g/mol. The molecular weight excluding hydrogens is 297 g/mol. The highest BCUT2D eigenvalue weighted by molar-refractivity contribution is 5.78. The summed E-state index contributed by atoms with van der Waals surface area (Å²) in [6.07, 6.45) is -4.37. The van der Waals surface area contributed by atoms with Crippen molar-refractivity contribution in [2.45, 2.75) is 32.7 Å². The lowest BCUT2D eigenvalue weighted by Gasteiger charge is -2.31. The van der Waals surface area contributed by atoms with Crippen LogP contribution >= 0.6 is 0 Å². The molecular formula is C15H17F3N2O2. The zero-order chi connectivity index (χ0) is 15.9. The predicted molar refractivity (Wildman–Crippen MR) is 74.4 cm³/mol. The van der Waals surface area contributed by atoms with Crippen LogP contribution in [0.2, 0.25) is 0 Å². The Morgan fingerprint density at radius 1 is 1.36 bits per heavy atom. The normalized spacial score (nSPS) is 20.7. The van der Waals surface area contributed by atoms with E-state index < -0.39 is 11.7 Å². The van der Waals surface area contributed by atoms with Crippen LogP contribution in [0.25, 0.3) is 11.1 Å². The van der Waals surface area contributed by atoms with Crippen molar-refractivity contribution in [2.24, 2.45) is 0 Å². The molecule has 1 saturated heterocycles. The summed E-state index contributed by atoms with van der Waals surface area (Å²) in [5, 5.41) is 0. The van der Waals surface area contributed by atoms with Crippen molar-refractivity contribution in [3.8, 4) is 0 Å². The number of aryl methyl sites for hydroxylation is 1. The van der Waals surface area contributed by atoms with Crippen molar-refractivity contribution in [1.82, 2.24) is 9.88 Å². The smallest absolute Gasteiger partial charge is 0.420 e. The standard InChI is InChI=1S/C15H17F3N2O2/c1-9-7-20(3-4-21-9)8-11-5-12(15(16,17)18)14-13(6-11)19-10(2)22-14/h5-6,9H,3-4,7-8H2,1-2H3/t9-/m1/s1. The SMILES string of the molecule is Cc1nc2cc(CN3CCO[C@H](C)C3)cc(C(F)(F)F)c2o1. The van der Waals surface area contributed by atoms with Crippen LogP contribution in [0.15, 0.2) is 16.5 Å². The summed E-state index contributed by atoms with van der Waals surface area (Å²) in [5.41, 5.74) is -0.114. The quantitative estimate of drug-likeness (QED) is 0.852. The van der Waals surface area contributed by atoms with Gasteiger partial charge in [-0.15, -0.1) is 0 Å². The number of halogens is 3. The number of hydrogen-bond acceptors (Lipinski definition) is 4. The number of aromatic nitrogens is 1. The second kappa shape index (κ2) is 5.55. The van der Waals surface area contributed by atoms with Crippen molar-refractivity contribution < 1.29 is 22.3 Å². The maximum atomic E-state index is 13.2. The molecule has 3 rings (SSSR count). The van der Waals surface area contributed by atoms with Gasteiger partial charge in [-0.2, -0.15) is 13.2 Å². The lowest BCUT2D eigenvalue weighted by atomic mass is 10.1. The molecule has 22 heavy (non-hydrogen) atoms. The molecule has 1 aliphatic heterocycles. The Hall–Kier alpha value is -1.60. The molecule has 0 aliphatic carbocycles. The molecule has 7 heteroatoms. The first kappa shape index (κ1) is 15.3. The first-order valence-electron chi connectivity index (χ1n) is 7.14. The highest BCUT2D eigenvalue weighted by Gasteiger charge is 2.35. The third kappa shape index (κ3) is 3.10. The van der Waals surface area contributed by atoms with Crippen LogP contribution in [0.3, 0.4) is 0 Å². The van der Waals surface area contributed by atoms with Gasteiger partial charge in [0.2, 0.25) is 0 Å². The molecule has 0 N–H and O–H groups in total. The van der Waals surface area contributed by atoms with E-state index in [0.717, 1.165) is 6.07 Å². The summed E-state index contributed by atoms with van der Waals surface area (Å²) in [7, 11) is 0. The number of ether oxygens (including phenoxy) is 1. The van der Waals surface area contributed by atoms with Gasteiger partial charge in [0.05, 0.1) is 12.7 Å². The molecule has 2 aromatic rings. The lowest BCUT2D eigenvalue weighted by molar-refractivity contribution is -0.136. The maximum absolute atomic E-state index is 13.2. The van der Waals surface area contributed by atoms with Gasteiger partial charge in [-0.3, -0.25) is 4.90 Å². The Balaban J connectivity index is 1.96. The molecule has 120 valence electrons. The van der Waals surface area contributed by atoms with Crippen molar-refractivity contribution in [3.63, 3.8) is 0 Å². The van der Waals surface area contributed by atoms with Gasteiger partial charge in [0, 0.05) is 26.6 Å². The fraction of sp³-hybridized carbons (Fsp3) is 0.533. The highest BCUT2D eigenvalue weighted by atomic mass is 19.4. The topological polar surface area (TPSA) is 38.5 Å². The van der Waals surface area contributed by atoms with Gasteiger partial charge < -0.3 is 9.15 Å². The van der Waals surface area contributed by atoms with E-state index in [0.29, 0.717) is 31.8 Å². The summed E-state index contributed by atoms with van der Waals surface area (Å²) >= 11 is 0. The lowest BCUT2D eigenvalue weighted by Crippen LogP contribution is -2.40. The average molecular weight is 314 g/mol. The van der Waals surface area contributed by atoms with Gasteiger partial charge in [0.1, 0.15) is 11.1 Å². The van der Waals surface area contributed by atoms with E-state index in [1.54, 1.807) is 13.0 Å². The van der Waals surface area contributed by atoms with Gasteiger partial charge in [-0.25, -0.2) is 4.98 Å². The van der Waals surface area contributed by atoms with Crippen LogP contribution in [0.5, 0.6) is 0 Å². The first-order valence-corrected chi connectivity index (χ1v) is 7.14. The van der Waals surface area contributed by atoms with Crippen molar-refractivity contribution in [1.29, 1.82) is 0 Å². The minimum Gasteiger partial charge on any atom is -0.440 e. The van der Waals surface area contributed by atoms with E-state index in [1.165, 1.54) is 0 Å². The fourth-order valence-corrected chi connectivity index (χ4v) is 2.80. The Morgan fingerprint density at radius 2 is 2.14 bits per heavy atom. The molecule has 0 spiro atoms. The van der Waals surface area contributed by atoms with Gasteiger partial charge >= 0.3 is 6.18 Å². The number of morpholine rings is 1. The van der Waals surface area contributed by atoms with Gasteiger partial charge in [0.15, 0.2) is 11.5 Å².